The first kappa shape index (κ1) is 11.3. The van der Waals surface area contributed by atoms with E-state index in [0.717, 1.165) is 0 Å². The molecule has 0 aliphatic heterocycles. The molecule has 68 valence electrons. The van der Waals surface area contributed by atoms with Crippen LogP contribution in [0.15, 0.2) is 18.6 Å². The second kappa shape index (κ2) is 5.91. The van der Waals surface area contributed by atoms with Gasteiger partial charge in [-0.25, -0.2) is 4.98 Å². The van der Waals surface area contributed by atoms with E-state index < -0.39 is 0 Å². The molecule has 0 aromatic carbocycles. The Hall–Kier alpha value is -1.67. The Morgan fingerprint density at radius 3 is 2.92 bits per heavy atom. The van der Waals surface area contributed by atoms with Gasteiger partial charge in [-0.1, -0.05) is 0 Å². The minimum atomic E-state index is -0.385. The van der Waals surface area contributed by atoms with Gasteiger partial charge < -0.3 is 5.32 Å². The highest BCUT2D eigenvalue weighted by Crippen LogP contribution is 1.88. The summed E-state index contributed by atoms with van der Waals surface area (Å²) in [5, 5.41) is 10.5. The predicted octanol–water partition coefficient (Wildman–Crippen LogP) is 0.152. The van der Waals surface area contributed by atoms with Gasteiger partial charge in [0.25, 0.3) is 5.91 Å². The highest BCUT2D eigenvalue weighted by Gasteiger charge is 2.03. The van der Waals surface area contributed by atoms with Crippen LogP contribution in [0.5, 0.6) is 0 Å². The Bertz CT molecular complexity index is 308. The zero-order chi connectivity index (χ0) is 8.81. The molecule has 0 bridgehead atoms. The third-order valence-corrected chi connectivity index (χ3v) is 1.12. The number of halogens is 1. The van der Waals surface area contributed by atoms with Crippen molar-refractivity contribution in [2.24, 2.45) is 0 Å². The van der Waals surface area contributed by atoms with Gasteiger partial charge in [0.2, 0.25) is 0 Å². The maximum absolute atomic E-state index is 11.0. The van der Waals surface area contributed by atoms with Crippen LogP contribution < -0.4 is 5.32 Å². The normalized spacial score (nSPS) is 7.92. The summed E-state index contributed by atoms with van der Waals surface area (Å²) in [5.41, 5.74) is 0.216. The van der Waals surface area contributed by atoms with Crippen LogP contribution in [0, 0.1) is 11.3 Å². The van der Waals surface area contributed by atoms with Gasteiger partial charge in [-0.15, -0.1) is 12.4 Å². The molecular weight excluding hydrogens is 192 g/mol. The Balaban J connectivity index is 0.00000144. The summed E-state index contributed by atoms with van der Waals surface area (Å²) in [6.45, 7) is -0.0184. The number of nitrogens with one attached hydrogen (secondary N) is 1. The molecule has 1 aromatic heterocycles. The van der Waals surface area contributed by atoms with Gasteiger partial charge in [-0.2, -0.15) is 5.26 Å². The SMILES string of the molecule is Cl.N#CCNC(=O)c1cnccn1. The van der Waals surface area contributed by atoms with Crippen LogP contribution in [-0.4, -0.2) is 22.4 Å². The highest BCUT2D eigenvalue weighted by molar-refractivity contribution is 5.91. The zero-order valence-electron chi connectivity index (χ0n) is 6.60. The topological polar surface area (TPSA) is 78.7 Å². The number of nitrogens with zero attached hydrogens (tertiary/aromatic N) is 3. The number of rotatable bonds is 2. The van der Waals surface area contributed by atoms with E-state index in [9.17, 15) is 4.79 Å². The molecule has 0 saturated heterocycles. The van der Waals surface area contributed by atoms with Crippen molar-refractivity contribution >= 4 is 18.3 Å². The van der Waals surface area contributed by atoms with Crippen molar-refractivity contribution in [1.82, 2.24) is 15.3 Å². The fraction of sp³-hybridized carbons (Fsp3) is 0.143. The molecule has 6 heteroatoms. The number of carbonyl (C=O) groups is 1. The molecule has 0 unspecified atom stereocenters. The zero-order valence-corrected chi connectivity index (χ0v) is 7.41. The van der Waals surface area contributed by atoms with Gasteiger partial charge in [0.05, 0.1) is 12.3 Å². The second-order valence-corrected chi connectivity index (χ2v) is 1.93. The summed E-state index contributed by atoms with van der Waals surface area (Å²) in [4.78, 5) is 18.5. The van der Waals surface area contributed by atoms with Crippen LogP contribution in [0.25, 0.3) is 0 Å². The van der Waals surface area contributed by atoms with Crippen molar-refractivity contribution in [2.45, 2.75) is 0 Å². The quantitative estimate of drug-likeness (QED) is 0.687. The fourth-order valence-corrected chi connectivity index (χ4v) is 0.627. The fourth-order valence-electron chi connectivity index (χ4n) is 0.627. The maximum atomic E-state index is 11.0. The first-order valence-electron chi connectivity index (χ1n) is 3.26. The van der Waals surface area contributed by atoms with Crippen molar-refractivity contribution in [3.8, 4) is 6.07 Å². The largest absolute Gasteiger partial charge is 0.338 e. The lowest BCUT2D eigenvalue weighted by Gasteiger charge is -1.97. The second-order valence-electron chi connectivity index (χ2n) is 1.93. The number of carbonyl (C=O) groups excluding carboxylic acids is 1. The minimum Gasteiger partial charge on any atom is -0.338 e. The summed E-state index contributed by atoms with van der Waals surface area (Å²) in [6.07, 6.45) is 4.23. The van der Waals surface area contributed by atoms with Crippen molar-refractivity contribution in [3.63, 3.8) is 0 Å². The van der Waals surface area contributed by atoms with Crippen LogP contribution in [-0.2, 0) is 0 Å². The molecule has 13 heavy (non-hydrogen) atoms. The number of amides is 1. The van der Waals surface area contributed by atoms with Gasteiger partial charge in [0.1, 0.15) is 12.2 Å². The lowest BCUT2D eigenvalue weighted by Crippen LogP contribution is -2.24. The van der Waals surface area contributed by atoms with Crippen LogP contribution >= 0.6 is 12.4 Å². The van der Waals surface area contributed by atoms with Crippen molar-refractivity contribution in [1.29, 1.82) is 5.26 Å². The maximum Gasteiger partial charge on any atom is 0.272 e. The first-order chi connectivity index (χ1) is 5.84. The molecule has 0 aliphatic rings. The van der Waals surface area contributed by atoms with Gasteiger partial charge in [0, 0.05) is 12.4 Å². The van der Waals surface area contributed by atoms with Crippen molar-refractivity contribution in [3.05, 3.63) is 24.3 Å². The predicted molar refractivity (Wildman–Crippen MR) is 47.2 cm³/mol. The molecule has 1 heterocycles. The van der Waals surface area contributed by atoms with E-state index in [-0.39, 0.29) is 30.6 Å². The minimum absolute atomic E-state index is 0. The third-order valence-electron chi connectivity index (χ3n) is 1.12. The smallest absolute Gasteiger partial charge is 0.272 e. The molecule has 0 atom stereocenters. The molecule has 0 saturated carbocycles. The van der Waals surface area contributed by atoms with Gasteiger partial charge in [0.15, 0.2) is 0 Å². The molecule has 1 amide bonds. The van der Waals surface area contributed by atoms with E-state index in [1.54, 1.807) is 6.07 Å². The third kappa shape index (κ3) is 3.49. The van der Waals surface area contributed by atoms with E-state index in [2.05, 4.69) is 15.3 Å². The Morgan fingerprint density at radius 1 is 1.62 bits per heavy atom. The summed E-state index contributed by atoms with van der Waals surface area (Å²) in [7, 11) is 0. The van der Waals surface area contributed by atoms with Crippen molar-refractivity contribution in [2.75, 3.05) is 6.54 Å². The van der Waals surface area contributed by atoms with Gasteiger partial charge in [-0.05, 0) is 0 Å². The molecule has 1 aromatic rings. The summed E-state index contributed by atoms with van der Waals surface area (Å²) < 4.78 is 0. The molecule has 5 nitrogen and oxygen atoms in total. The molecule has 1 N–H and O–H groups in total. The van der Waals surface area contributed by atoms with E-state index >= 15 is 0 Å². The molecular formula is C7H7ClN4O. The van der Waals surface area contributed by atoms with Crippen LogP contribution in [0.4, 0.5) is 0 Å². The Morgan fingerprint density at radius 2 is 2.38 bits per heavy atom. The monoisotopic (exact) mass is 198 g/mol. The summed E-state index contributed by atoms with van der Waals surface area (Å²) in [5.74, 6) is -0.385. The summed E-state index contributed by atoms with van der Waals surface area (Å²) >= 11 is 0. The van der Waals surface area contributed by atoms with Crippen LogP contribution in [0.1, 0.15) is 10.5 Å². The number of nitriles is 1. The average Bonchev–Trinajstić information content (AvgIpc) is 2.15. The van der Waals surface area contributed by atoms with Crippen LogP contribution in [0.3, 0.4) is 0 Å². The summed E-state index contributed by atoms with van der Waals surface area (Å²) in [6, 6.07) is 1.79. The molecule has 0 spiro atoms. The average molecular weight is 199 g/mol. The van der Waals surface area contributed by atoms with E-state index in [1.807, 2.05) is 0 Å². The van der Waals surface area contributed by atoms with Crippen molar-refractivity contribution < 1.29 is 4.79 Å². The highest BCUT2D eigenvalue weighted by atomic mass is 35.5. The standard InChI is InChI=1S/C7H6N4O.ClH/c8-1-2-11-7(12)6-5-9-3-4-10-6;/h3-5H,2H2,(H,11,12);1H. The van der Waals surface area contributed by atoms with E-state index in [1.165, 1.54) is 18.6 Å². The number of aromatic nitrogens is 2. The van der Waals surface area contributed by atoms with Crippen LogP contribution in [0.2, 0.25) is 0 Å². The molecule has 0 fully saturated rings. The van der Waals surface area contributed by atoms with E-state index in [4.69, 9.17) is 5.26 Å². The molecule has 1 rings (SSSR count). The lowest BCUT2D eigenvalue weighted by atomic mass is 10.4. The first-order valence-corrected chi connectivity index (χ1v) is 3.26. The van der Waals surface area contributed by atoms with Gasteiger partial charge in [-0.3, -0.25) is 9.78 Å². The molecule has 0 aliphatic carbocycles. The number of hydrogen-bond acceptors (Lipinski definition) is 4. The van der Waals surface area contributed by atoms with E-state index in [0.29, 0.717) is 0 Å². The Labute approximate surface area is 81.2 Å². The van der Waals surface area contributed by atoms with Gasteiger partial charge >= 0.3 is 0 Å². The lowest BCUT2D eigenvalue weighted by molar-refractivity contribution is 0.0953. The number of hydrogen-bond donors (Lipinski definition) is 1. The molecule has 0 radical (unpaired) electrons. The Kier molecular flexibility index (Phi) is 5.15.